The maximum Gasteiger partial charge on any atom is 0.126 e. The van der Waals surface area contributed by atoms with Crippen LogP contribution in [0, 0.1) is 12.7 Å². The Balaban J connectivity index is 3.07. The zero-order valence-corrected chi connectivity index (χ0v) is 8.31. The van der Waals surface area contributed by atoms with E-state index in [9.17, 15) is 9.50 Å². The van der Waals surface area contributed by atoms with E-state index in [1.807, 2.05) is 0 Å². The molecule has 1 atom stereocenters. The van der Waals surface area contributed by atoms with Gasteiger partial charge in [-0.1, -0.05) is 28.1 Å². The number of aliphatic hydroxyl groups is 1. The number of rotatable bonds is 2. The molecule has 12 heavy (non-hydrogen) atoms. The fourth-order valence-electron chi connectivity index (χ4n) is 1.07. The molecule has 0 fully saturated rings. The van der Waals surface area contributed by atoms with E-state index in [-0.39, 0.29) is 5.82 Å². The molecule has 0 saturated carbocycles. The van der Waals surface area contributed by atoms with Crippen LogP contribution < -0.4 is 0 Å². The molecule has 1 unspecified atom stereocenters. The molecular weight excluding hydrogens is 223 g/mol. The summed E-state index contributed by atoms with van der Waals surface area (Å²) in [7, 11) is 0. The number of alkyl halides is 1. The van der Waals surface area contributed by atoms with Crippen molar-refractivity contribution in [2.45, 2.75) is 13.0 Å². The molecule has 0 amide bonds. The van der Waals surface area contributed by atoms with Gasteiger partial charge in [0.15, 0.2) is 0 Å². The first kappa shape index (κ1) is 9.68. The Kier molecular flexibility index (Phi) is 3.23. The van der Waals surface area contributed by atoms with Gasteiger partial charge in [-0.3, -0.25) is 0 Å². The van der Waals surface area contributed by atoms with Crippen molar-refractivity contribution < 1.29 is 9.50 Å². The molecule has 66 valence electrons. The lowest BCUT2D eigenvalue weighted by Gasteiger charge is -2.10. The Bertz CT molecular complexity index is 275. The van der Waals surface area contributed by atoms with Crippen LogP contribution in [0.3, 0.4) is 0 Å². The zero-order chi connectivity index (χ0) is 9.14. The van der Waals surface area contributed by atoms with E-state index in [0.717, 1.165) is 0 Å². The Morgan fingerprint density at radius 1 is 1.58 bits per heavy atom. The van der Waals surface area contributed by atoms with Crippen LogP contribution in [0.4, 0.5) is 4.39 Å². The van der Waals surface area contributed by atoms with Gasteiger partial charge < -0.3 is 5.11 Å². The van der Waals surface area contributed by atoms with Gasteiger partial charge in [0.1, 0.15) is 5.82 Å². The maximum absolute atomic E-state index is 12.9. The second-order valence-electron chi connectivity index (χ2n) is 2.62. The SMILES string of the molecule is Cc1c(F)cccc1C(O)CBr. The molecule has 0 spiro atoms. The second kappa shape index (κ2) is 4.01. The van der Waals surface area contributed by atoms with Crippen LogP contribution in [-0.4, -0.2) is 10.4 Å². The van der Waals surface area contributed by atoms with Crippen molar-refractivity contribution in [2.75, 3.05) is 5.33 Å². The van der Waals surface area contributed by atoms with Crippen LogP contribution in [0.25, 0.3) is 0 Å². The minimum absolute atomic E-state index is 0.271. The summed E-state index contributed by atoms with van der Waals surface area (Å²) in [5.74, 6) is -0.271. The summed E-state index contributed by atoms with van der Waals surface area (Å²) in [6, 6.07) is 4.72. The molecule has 1 N–H and O–H groups in total. The molecule has 0 bridgehead atoms. The lowest BCUT2D eigenvalue weighted by molar-refractivity contribution is 0.204. The summed E-state index contributed by atoms with van der Waals surface area (Å²) in [4.78, 5) is 0. The monoisotopic (exact) mass is 232 g/mol. The predicted molar refractivity (Wildman–Crippen MR) is 49.9 cm³/mol. The average Bonchev–Trinajstić information content (AvgIpc) is 2.08. The normalized spacial score (nSPS) is 13.0. The molecule has 0 aromatic heterocycles. The standard InChI is InChI=1S/C9H10BrFO/c1-6-7(9(12)5-10)3-2-4-8(6)11/h2-4,9,12H,5H2,1H3. The lowest BCUT2D eigenvalue weighted by atomic mass is 10.0. The summed E-state index contributed by atoms with van der Waals surface area (Å²) in [5.41, 5.74) is 1.16. The van der Waals surface area contributed by atoms with Crippen LogP contribution in [0.2, 0.25) is 0 Å². The molecule has 1 nitrogen and oxygen atoms in total. The van der Waals surface area contributed by atoms with Crippen molar-refractivity contribution in [2.24, 2.45) is 0 Å². The molecule has 1 aromatic carbocycles. The zero-order valence-electron chi connectivity index (χ0n) is 6.72. The summed E-state index contributed by atoms with van der Waals surface area (Å²) < 4.78 is 12.9. The van der Waals surface area contributed by atoms with Crippen molar-refractivity contribution >= 4 is 15.9 Å². The lowest BCUT2D eigenvalue weighted by Crippen LogP contribution is -2.02. The van der Waals surface area contributed by atoms with E-state index in [0.29, 0.717) is 16.5 Å². The number of aliphatic hydroxyl groups excluding tert-OH is 1. The average molecular weight is 233 g/mol. The fraction of sp³-hybridized carbons (Fsp3) is 0.333. The minimum atomic E-state index is -0.624. The van der Waals surface area contributed by atoms with Crippen LogP contribution >= 0.6 is 15.9 Å². The van der Waals surface area contributed by atoms with Crippen molar-refractivity contribution in [3.05, 3.63) is 35.1 Å². The van der Waals surface area contributed by atoms with Gasteiger partial charge in [0.25, 0.3) is 0 Å². The summed E-state index contributed by atoms with van der Waals surface area (Å²) in [6.07, 6.45) is -0.624. The Labute approximate surface area is 79.4 Å². The van der Waals surface area contributed by atoms with Gasteiger partial charge in [0.05, 0.1) is 6.10 Å². The fourth-order valence-corrected chi connectivity index (χ4v) is 1.42. The topological polar surface area (TPSA) is 20.2 Å². The third-order valence-corrected chi connectivity index (χ3v) is 2.43. The highest BCUT2D eigenvalue weighted by atomic mass is 79.9. The molecule has 0 aliphatic heterocycles. The molecular formula is C9H10BrFO. The van der Waals surface area contributed by atoms with Crippen LogP contribution in [-0.2, 0) is 0 Å². The number of benzene rings is 1. The van der Waals surface area contributed by atoms with E-state index in [1.165, 1.54) is 6.07 Å². The Hall–Kier alpha value is -0.410. The summed E-state index contributed by atoms with van der Waals surface area (Å²) in [5, 5.41) is 9.85. The Morgan fingerprint density at radius 3 is 2.83 bits per heavy atom. The minimum Gasteiger partial charge on any atom is -0.388 e. The second-order valence-corrected chi connectivity index (χ2v) is 3.27. The first-order valence-electron chi connectivity index (χ1n) is 3.66. The van der Waals surface area contributed by atoms with E-state index < -0.39 is 6.10 Å². The highest BCUT2D eigenvalue weighted by molar-refractivity contribution is 9.09. The highest BCUT2D eigenvalue weighted by Gasteiger charge is 2.10. The van der Waals surface area contributed by atoms with Gasteiger partial charge in [-0.05, 0) is 24.1 Å². The molecule has 0 heterocycles. The van der Waals surface area contributed by atoms with Crippen molar-refractivity contribution in [3.63, 3.8) is 0 Å². The number of hydrogen-bond donors (Lipinski definition) is 1. The van der Waals surface area contributed by atoms with Crippen molar-refractivity contribution in [1.29, 1.82) is 0 Å². The van der Waals surface area contributed by atoms with Crippen molar-refractivity contribution in [1.82, 2.24) is 0 Å². The van der Waals surface area contributed by atoms with Crippen LogP contribution in [0.15, 0.2) is 18.2 Å². The third-order valence-electron chi connectivity index (χ3n) is 1.81. The first-order valence-corrected chi connectivity index (χ1v) is 4.78. The molecule has 3 heteroatoms. The molecule has 0 radical (unpaired) electrons. The highest BCUT2D eigenvalue weighted by Crippen LogP contribution is 2.20. The molecule has 1 aromatic rings. The van der Waals surface area contributed by atoms with Crippen LogP contribution in [0.1, 0.15) is 17.2 Å². The van der Waals surface area contributed by atoms with Crippen LogP contribution in [0.5, 0.6) is 0 Å². The van der Waals surface area contributed by atoms with Gasteiger partial charge >= 0.3 is 0 Å². The van der Waals surface area contributed by atoms with Gasteiger partial charge in [-0.25, -0.2) is 4.39 Å². The third kappa shape index (κ3) is 1.84. The smallest absolute Gasteiger partial charge is 0.126 e. The molecule has 1 rings (SSSR count). The number of halogens is 2. The van der Waals surface area contributed by atoms with E-state index >= 15 is 0 Å². The van der Waals surface area contributed by atoms with Gasteiger partial charge in [-0.2, -0.15) is 0 Å². The largest absolute Gasteiger partial charge is 0.388 e. The van der Waals surface area contributed by atoms with E-state index in [2.05, 4.69) is 15.9 Å². The van der Waals surface area contributed by atoms with Crippen molar-refractivity contribution in [3.8, 4) is 0 Å². The Morgan fingerprint density at radius 2 is 2.25 bits per heavy atom. The maximum atomic E-state index is 12.9. The predicted octanol–water partition coefficient (Wildman–Crippen LogP) is 2.56. The quantitative estimate of drug-likeness (QED) is 0.778. The van der Waals surface area contributed by atoms with E-state index in [1.54, 1.807) is 19.1 Å². The van der Waals surface area contributed by atoms with Gasteiger partial charge in [0, 0.05) is 5.33 Å². The van der Waals surface area contributed by atoms with E-state index in [4.69, 9.17) is 0 Å². The molecule has 0 saturated heterocycles. The number of hydrogen-bond acceptors (Lipinski definition) is 1. The van der Waals surface area contributed by atoms with Gasteiger partial charge in [-0.15, -0.1) is 0 Å². The summed E-state index contributed by atoms with van der Waals surface area (Å²) in [6.45, 7) is 1.66. The molecule has 0 aliphatic carbocycles. The van der Waals surface area contributed by atoms with Gasteiger partial charge in [0.2, 0.25) is 0 Å². The summed E-state index contributed by atoms with van der Waals surface area (Å²) >= 11 is 3.14. The molecule has 0 aliphatic rings. The first-order chi connectivity index (χ1) is 5.66.